The molecule has 0 aliphatic rings. The van der Waals surface area contributed by atoms with Crippen molar-refractivity contribution in [3.05, 3.63) is 71.9 Å². The van der Waals surface area contributed by atoms with Crippen LogP contribution in [0.15, 0.2) is 54.6 Å². The number of halogens is 2. The molecule has 3 aromatic rings. The molecule has 0 atom stereocenters. The van der Waals surface area contributed by atoms with E-state index in [0.29, 0.717) is 5.56 Å². The van der Waals surface area contributed by atoms with Crippen LogP contribution in [0.25, 0.3) is 16.9 Å². The lowest BCUT2D eigenvalue weighted by atomic mass is 10.1. The number of aryl methyl sites for hydroxylation is 1. The molecule has 1 heterocycles. The topological polar surface area (TPSA) is 14.2 Å². The largest absolute Gasteiger partial charge is 0.497 e. The van der Waals surface area contributed by atoms with Gasteiger partial charge in [-0.2, -0.15) is 0 Å². The number of ether oxygens (including phenoxy) is 1. The Morgan fingerprint density at radius 1 is 0.909 bits per heavy atom. The van der Waals surface area contributed by atoms with Crippen molar-refractivity contribution in [1.29, 1.82) is 0 Å². The van der Waals surface area contributed by atoms with Crippen LogP contribution in [0.4, 0.5) is 8.78 Å². The number of aromatic nitrogens is 1. The molecule has 2 aromatic carbocycles. The average Bonchev–Trinajstić information content (AvgIpc) is 2.92. The van der Waals surface area contributed by atoms with Gasteiger partial charge in [-0.1, -0.05) is 6.07 Å². The SMILES string of the molecule is COc1cccc(-n2c(C)ccc2-c2ccc(F)c(F)c2)c1. The van der Waals surface area contributed by atoms with E-state index in [1.807, 2.05) is 47.9 Å². The molecule has 2 nitrogen and oxygen atoms in total. The summed E-state index contributed by atoms with van der Waals surface area (Å²) in [7, 11) is 1.61. The summed E-state index contributed by atoms with van der Waals surface area (Å²) >= 11 is 0. The van der Waals surface area contributed by atoms with E-state index in [9.17, 15) is 8.78 Å². The highest BCUT2D eigenvalue weighted by Crippen LogP contribution is 2.28. The van der Waals surface area contributed by atoms with Crippen molar-refractivity contribution in [2.75, 3.05) is 7.11 Å². The summed E-state index contributed by atoms with van der Waals surface area (Å²) < 4.78 is 33.9. The Balaban J connectivity index is 2.16. The van der Waals surface area contributed by atoms with Crippen LogP contribution < -0.4 is 4.74 Å². The van der Waals surface area contributed by atoms with Gasteiger partial charge < -0.3 is 9.30 Å². The first-order chi connectivity index (χ1) is 10.6. The summed E-state index contributed by atoms with van der Waals surface area (Å²) in [6.07, 6.45) is 0. The molecule has 0 saturated heterocycles. The fourth-order valence-corrected chi connectivity index (χ4v) is 2.51. The lowest BCUT2D eigenvalue weighted by Gasteiger charge is -2.13. The molecule has 0 N–H and O–H groups in total. The van der Waals surface area contributed by atoms with E-state index in [2.05, 4.69) is 0 Å². The van der Waals surface area contributed by atoms with Crippen LogP contribution in [0, 0.1) is 18.6 Å². The van der Waals surface area contributed by atoms with E-state index < -0.39 is 11.6 Å². The molecule has 3 rings (SSSR count). The zero-order chi connectivity index (χ0) is 15.7. The van der Waals surface area contributed by atoms with Crippen molar-refractivity contribution >= 4 is 0 Å². The van der Waals surface area contributed by atoms with Crippen LogP contribution in [-0.4, -0.2) is 11.7 Å². The first-order valence-electron chi connectivity index (χ1n) is 6.88. The minimum Gasteiger partial charge on any atom is -0.497 e. The Morgan fingerprint density at radius 3 is 2.45 bits per heavy atom. The Labute approximate surface area is 127 Å². The molecule has 0 aliphatic heterocycles. The quantitative estimate of drug-likeness (QED) is 0.681. The summed E-state index contributed by atoms with van der Waals surface area (Å²) in [5.41, 5.74) is 3.31. The van der Waals surface area contributed by atoms with Gasteiger partial charge in [0.05, 0.1) is 12.8 Å². The lowest BCUT2D eigenvalue weighted by molar-refractivity contribution is 0.414. The van der Waals surface area contributed by atoms with E-state index in [0.717, 1.165) is 28.9 Å². The van der Waals surface area contributed by atoms with Gasteiger partial charge >= 0.3 is 0 Å². The first kappa shape index (κ1) is 14.3. The molecule has 22 heavy (non-hydrogen) atoms. The second-order valence-electron chi connectivity index (χ2n) is 5.03. The van der Waals surface area contributed by atoms with Gasteiger partial charge in [-0.3, -0.25) is 0 Å². The van der Waals surface area contributed by atoms with Gasteiger partial charge in [0.15, 0.2) is 11.6 Å². The monoisotopic (exact) mass is 299 g/mol. The van der Waals surface area contributed by atoms with Crippen LogP contribution in [0.5, 0.6) is 5.75 Å². The van der Waals surface area contributed by atoms with Crippen molar-refractivity contribution in [2.45, 2.75) is 6.92 Å². The highest BCUT2D eigenvalue weighted by Gasteiger charge is 2.12. The molecule has 0 aliphatic carbocycles. The van der Waals surface area contributed by atoms with Gasteiger partial charge in [-0.05, 0) is 49.4 Å². The molecule has 0 bridgehead atoms. The van der Waals surface area contributed by atoms with Crippen molar-refractivity contribution in [3.8, 4) is 22.7 Å². The van der Waals surface area contributed by atoms with Crippen LogP contribution in [-0.2, 0) is 0 Å². The molecule has 1 aromatic heterocycles. The van der Waals surface area contributed by atoms with Gasteiger partial charge in [-0.25, -0.2) is 8.78 Å². The number of methoxy groups -OCH3 is 1. The van der Waals surface area contributed by atoms with E-state index in [4.69, 9.17) is 4.74 Å². The van der Waals surface area contributed by atoms with Crippen molar-refractivity contribution in [2.24, 2.45) is 0 Å². The molecular formula is C18H15F2NO. The van der Waals surface area contributed by atoms with Gasteiger partial charge in [0, 0.05) is 23.0 Å². The second-order valence-corrected chi connectivity index (χ2v) is 5.03. The minimum absolute atomic E-state index is 0.620. The van der Waals surface area contributed by atoms with Gasteiger partial charge in [0.1, 0.15) is 5.75 Å². The maximum atomic E-state index is 13.5. The van der Waals surface area contributed by atoms with Gasteiger partial charge in [-0.15, -0.1) is 0 Å². The van der Waals surface area contributed by atoms with Gasteiger partial charge in [0.2, 0.25) is 0 Å². The van der Waals surface area contributed by atoms with Crippen LogP contribution in [0.2, 0.25) is 0 Å². The zero-order valence-corrected chi connectivity index (χ0v) is 12.3. The van der Waals surface area contributed by atoms with E-state index in [1.54, 1.807) is 13.2 Å². The third-order valence-electron chi connectivity index (χ3n) is 3.60. The molecule has 0 spiro atoms. The summed E-state index contributed by atoms with van der Waals surface area (Å²) in [6, 6.07) is 15.3. The van der Waals surface area contributed by atoms with Gasteiger partial charge in [0.25, 0.3) is 0 Å². The first-order valence-corrected chi connectivity index (χ1v) is 6.88. The summed E-state index contributed by atoms with van der Waals surface area (Å²) in [5, 5.41) is 0. The van der Waals surface area contributed by atoms with Crippen molar-refractivity contribution in [1.82, 2.24) is 4.57 Å². The molecule has 0 unspecified atom stereocenters. The highest BCUT2D eigenvalue weighted by molar-refractivity contribution is 5.64. The Kier molecular flexibility index (Phi) is 3.67. The predicted octanol–water partition coefficient (Wildman–Crippen LogP) is 4.74. The number of rotatable bonds is 3. The molecule has 4 heteroatoms. The number of nitrogens with zero attached hydrogens (tertiary/aromatic N) is 1. The Hall–Kier alpha value is -2.62. The molecule has 0 radical (unpaired) electrons. The smallest absolute Gasteiger partial charge is 0.159 e. The summed E-state index contributed by atoms with van der Waals surface area (Å²) in [4.78, 5) is 0. The minimum atomic E-state index is -0.853. The lowest BCUT2D eigenvalue weighted by Crippen LogP contribution is -2.00. The number of hydrogen-bond acceptors (Lipinski definition) is 1. The molecular weight excluding hydrogens is 284 g/mol. The van der Waals surface area contributed by atoms with Crippen molar-refractivity contribution in [3.63, 3.8) is 0 Å². The number of hydrogen-bond donors (Lipinski definition) is 0. The third-order valence-corrected chi connectivity index (χ3v) is 3.60. The maximum Gasteiger partial charge on any atom is 0.159 e. The van der Waals surface area contributed by atoms with E-state index in [-0.39, 0.29) is 0 Å². The Bertz CT molecular complexity index is 824. The Morgan fingerprint density at radius 2 is 1.73 bits per heavy atom. The molecule has 112 valence electrons. The molecule has 0 saturated carbocycles. The summed E-state index contributed by atoms with van der Waals surface area (Å²) in [6.45, 7) is 1.96. The van der Waals surface area contributed by atoms with Crippen LogP contribution in [0.3, 0.4) is 0 Å². The molecule has 0 fully saturated rings. The van der Waals surface area contributed by atoms with E-state index in [1.165, 1.54) is 6.07 Å². The second kappa shape index (κ2) is 5.64. The van der Waals surface area contributed by atoms with Crippen LogP contribution in [0.1, 0.15) is 5.69 Å². The highest BCUT2D eigenvalue weighted by atomic mass is 19.2. The zero-order valence-electron chi connectivity index (χ0n) is 12.3. The van der Waals surface area contributed by atoms with Crippen molar-refractivity contribution < 1.29 is 13.5 Å². The number of benzene rings is 2. The predicted molar refractivity (Wildman–Crippen MR) is 82.4 cm³/mol. The summed E-state index contributed by atoms with van der Waals surface area (Å²) in [5.74, 6) is -0.963. The average molecular weight is 299 g/mol. The maximum absolute atomic E-state index is 13.5. The molecule has 0 amide bonds. The fraction of sp³-hybridized carbons (Fsp3) is 0.111. The van der Waals surface area contributed by atoms with Crippen LogP contribution >= 0.6 is 0 Å². The van der Waals surface area contributed by atoms with E-state index >= 15 is 0 Å². The normalized spacial score (nSPS) is 10.7. The standard InChI is InChI=1S/C18H15F2NO/c1-12-6-9-18(13-7-8-16(19)17(20)10-13)21(12)14-4-3-5-15(11-14)22-2/h3-11H,1-2H3. The fourth-order valence-electron chi connectivity index (χ4n) is 2.51. The third kappa shape index (κ3) is 2.48.